The lowest BCUT2D eigenvalue weighted by Crippen LogP contribution is -2.63. The first-order chi connectivity index (χ1) is 8.64. The first-order valence-corrected chi connectivity index (χ1v) is 7.88. The second kappa shape index (κ2) is 4.46. The number of para-hydroxylation sites is 1. The molecule has 3 unspecified atom stereocenters. The van der Waals surface area contributed by atoms with Gasteiger partial charge in [0, 0.05) is 34.6 Å². The Morgan fingerprint density at radius 2 is 2.11 bits per heavy atom. The van der Waals surface area contributed by atoms with E-state index >= 15 is 0 Å². The molecule has 1 aromatic carbocycles. The summed E-state index contributed by atoms with van der Waals surface area (Å²) in [6, 6.07) is 9.12. The SMILES string of the molecule is CSc1ccccc1NC1C2CCOC2C1(C)C. The molecule has 98 valence electrons. The van der Waals surface area contributed by atoms with Crippen molar-refractivity contribution in [3.63, 3.8) is 0 Å². The lowest BCUT2D eigenvalue weighted by atomic mass is 9.57. The molecule has 1 saturated carbocycles. The smallest absolute Gasteiger partial charge is 0.0694 e. The average Bonchev–Trinajstić information content (AvgIpc) is 2.83. The van der Waals surface area contributed by atoms with Gasteiger partial charge in [0.25, 0.3) is 0 Å². The zero-order valence-corrected chi connectivity index (χ0v) is 12.1. The van der Waals surface area contributed by atoms with Crippen molar-refractivity contribution in [3.8, 4) is 0 Å². The van der Waals surface area contributed by atoms with Gasteiger partial charge in [-0.15, -0.1) is 11.8 Å². The molecular weight excluding hydrogens is 242 g/mol. The number of ether oxygens (including phenoxy) is 1. The van der Waals surface area contributed by atoms with Gasteiger partial charge in [-0.2, -0.15) is 0 Å². The summed E-state index contributed by atoms with van der Waals surface area (Å²) >= 11 is 1.80. The van der Waals surface area contributed by atoms with E-state index in [-0.39, 0.29) is 5.41 Å². The summed E-state index contributed by atoms with van der Waals surface area (Å²) in [7, 11) is 0. The molecule has 0 aromatic heterocycles. The molecule has 1 aliphatic heterocycles. The maximum Gasteiger partial charge on any atom is 0.0694 e. The molecule has 2 nitrogen and oxygen atoms in total. The van der Waals surface area contributed by atoms with Crippen LogP contribution in [0, 0.1) is 11.3 Å². The van der Waals surface area contributed by atoms with Gasteiger partial charge in [-0.1, -0.05) is 26.0 Å². The van der Waals surface area contributed by atoms with E-state index in [1.54, 1.807) is 11.8 Å². The topological polar surface area (TPSA) is 21.3 Å². The Morgan fingerprint density at radius 3 is 2.89 bits per heavy atom. The van der Waals surface area contributed by atoms with E-state index in [2.05, 4.69) is 49.7 Å². The molecule has 0 amide bonds. The molecule has 3 atom stereocenters. The predicted octanol–water partition coefficient (Wildman–Crippen LogP) is 3.63. The Kier molecular flexibility index (Phi) is 3.07. The van der Waals surface area contributed by atoms with Crippen molar-refractivity contribution in [2.75, 3.05) is 18.2 Å². The van der Waals surface area contributed by atoms with Gasteiger partial charge in [-0.25, -0.2) is 0 Å². The number of anilines is 1. The summed E-state index contributed by atoms with van der Waals surface area (Å²) < 4.78 is 5.85. The zero-order valence-electron chi connectivity index (χ0n) is 11.3. The molecule has 3 rings (SSSR count). The number of rotatable bonds is 3. The average molecular weight is 263 g/mol. The lowest BCUT2D eigenvalue weighted by molar-refractivity contribution is -0.0923. The summed E-state index contributed by atoms with van der Waals surface area (Å²) in [5.41, 5.74) is 1.51. The van der Waals surface area contributed by atoms with Crippen molar-refractivity contribution < 1.29 is 4.74 Å². The highest BCUT2D eigenvalue weighted by atomic mass is 32.2. The quantitative estimate of drug-likeness (QED) is 0.841. The highest BCUT2D eigenvalue weighted by molar-refractivity contribution is 7.98. The molecule has 0 radical (unpaired) electrons. The van der Waals surface area contributed by atoms with Crippen LogP contribution >= 0.6 is 11.8 Å². The molecule has 1 saturated heterocycles. The number of thioether (sulfide) groups is 1. The largest absolute Gasteiger partial charge is 0.380 e. The number of fused-ring (bicyclic) bond motifs is 1. The van der Waals surface area contributed by atoms with Gasteiger partial charge in [0.15, 0.2) is 0 Å². The number of hydrogen-bond donors (Lipinski definition) is 1. The van der Waals surface area contributed by atoms with Crippen LogP contribution < -0.4 is 5.32 Å². The van der Waals surface area contributed by atoms with Crippen LogP contribution in [0.5, 0.6) is 0 Å². The molecule has 0 bridgehead atoms. The molecule has 1 aromatic rings. The van der Waals surface area contributed by atoms with Crippen molar-refractivity contribution in [1.29, 1.82) is 0 Å². The third kappa shape index (κ3) is 1.76. The maximum absolute atomic E-state index is 5.85. The normalized spacial score (nSPS) is 32.7. The Balaban J connectivity index is 1.80. The summed E-state index contributed by atoms with van der Waals surface area (Å²) in [5, 5.41) is 3.76. The number of benzene rings is 1. The Morgan fingerprint density at radius 1 is 1.33 bits per heavy atom. The Bertz CT molecular complexity index is 446. The third-order valence-electron chi connectivity index (χ3n) is 4.52. The first-order valence-electron chi connectivity index (χ1n) is 6.66. The fraction of sp³-hybridized carbons (Fsp3) is 0.600. The van der Waals surface area contributed by atoms with E-state index in [9.17, 15) is 0 Å². The molecule has 18 heavy (non-hydrogen) atoms. The highest BCUT2D eigenvalue weighted by Gasteiger charge is 2.59. The van der Waals surface area contributed by atoms with E-state index < -0.39 is 0 Å². The van der Waals surface area contributed by atoms with Gasteiger partial charge in [0.2, 0.25) is 0 Å². The monoisotopic (exact) mass is 263 g/mol. The van der Waals surface area contributed by atoms with Crippen LogP contribution in [0.25, 0.3) is 0 Å². The van der Waals surface area contributed by atoms with Crippen LogP contribution in [0.15, 0.2) is 29.2 Å². The summed E-state index contributed by atoms with van der Waals surface area (Å²) in [6.07, 6.45) is 3.79. The fourth-order valence-corrected chi connectivity index (χ4v) is 4.11. The van der Waals surface area contributed by atoms with Gasteiger partial charge in [0.1, 0.15) is 0 Å². The van der Waals surface area contributed by atoms with Crippen molar-refractivity contribution in [3.05, 3.63) is 24.3 Å². The van der Waals surface area contributed by atoms with Crippen molar-refractivity contribution >= 4 is 17.4 Å². The molecule has 1 heterocycles. The first kappa shape index (κ1) is 12.4. The molecule has 0 spiro atoms. The van der Waals surface area contributed by atoms with Crippen molar-refractivity contribution in [2.24, 2.45) is 11.3 Å². The van der Waals surface area contributed by atoms with Crippen LogP contribution in [0.3, 0.4) is 0 Å². The molecule has 2 aliphatic rings. The van der Waals surface area contributed by atoms with Crippen LogP contribution in [0.2, 0.25) is 0 Å². The van der Waals surface area contributed by atoms with E-state index in [0.717, 1.165) is 6.61 Å². The number of nitrogens with one attached hydrogen (secondary N) is 1. The second-order valence-corrected chi connectivity index (χ2v) is 6.74. The minimum Gasteiger partial charge on any atom is -0.380 e. The summed E-state index contributed by atoms with van der Waals surface area (Å²) in [4.78, 5) is 1.33. The van der Waals surface area contributed by atoms with Crippen LogP contribution in [-0.2, 0) is 4.74 Å². The van der Waals surface area contributed by atoms with Crippen LogP contribution in [-0.4, -0.2) is 25.0 Å². The molecule has 2 fully saturated rings. The molecular formula is C15H21NOS. The van der Waals surface area contributed by atoms with E-state index in [0.29, 0.717) is 18.1 Å². The van der Waals surface area contributed by atoms with Crippen molar-refractivity contribution in [2.45, 2.75) is 37.3 Å². The Hall–Kier alpha value is -0.670. The standard InChI is InChI=1S/C15H21NOS/c1-15(2)13(10-8-9-17-14(10)15)16-11-6-4-5-7-12(11)18-3/h4-7,10,13-14,16H,8-9H2,1-3H3. The van der Waals surface area contributed by atoms with Gasteiger partial charge in [-0.05, 0) is 24.8 Å². The van der Waals surface area contributed by atoms with Gasteiger partial charge in [-0.3, -0.25) is 0 Å². The minimum absolute atomic E-state index is 0.243. The number of hydrogen-bond acceptors (Lipinski definition) is 3. The summed E-state index contributed by atoms with van der Waals surface area (Å²) in [5.74, 6) is 0.690. The summed E-state index contributed by atoms with van der Waals surface area (Å²) in [6.45, 7) is 5.57. The predicted molar refractivity (Wildman–Crippen MR) is 77.3 cm³/mol. The van der Waals surface area contributed by atoms with Gasteiger partial charge < -0.3 is 10.1 Å². The maximum atomic E-state index is 5.85. The minimum atomic E-state index is 0.243. The lowest BCUT2D eigenvalue weighted by Gasteiger charge is -2.55. The molecule has 1 aliphatic carbocycles. The van der Waals surface area contributed by atoms with Gasteiger partial charge in [0.05, 0.1) is 6.10 Å². The molecule has 1 N–H and O–H groups in total. The Labute approximate surface area is 113 Å². The zero-order chi connectivity index (χ0) is 12.8. The van der Waals surface area contributed by atoms with Crippen LogP contribution in [0.4, 0.5) is 5.69 Å². The van der Waals surface area contributed by atoms with Crippen molar-refractivity contribution in [1.82, 2.24) is 0 Å². The van der Waals surface area contributed by atoms with Gasteiger partial charge >= 0.3 is 0 Å². The highest BCUT2D eigenvalue weighted by Crippen LogP contribution is 2.53. The molecule has 3 heteroatoms. The fourth-order valence-electron chi connectivity index (χ4n) is 3.55. The van der Waals surface area contributed by atoms with E-state index in [1.807, 2.05) is 0 Å². The van der Waals surface area contributed by atoms with E-state index in [1.165, 1.54) is 17.0 Å². The van der Waals surface area contributed by atoms with Crippen LogP contribution in [0.1, 0.15) is 20.3 Å². The van der Waals surface area contributed by atoms with E-state index in [4.69, 9.17) is 4.74 Å². The second-order valence-electron chi connectivity index (χ2n) is 5.89. The third-order valence-corrected chi connectivity index (χ3v) is 5.31.